The number of carboxylic acid groups (broad SMARTS) is 1. The number of nitrogens with zero attached hydrogens (tertiary/aromatic N) is 2. The lowest BCUT2D eigenvalue weighted by molar-refractivity contribution is 0.0696. The van der Waals surface area contributed by atoms with Crippen LogP contribution >= 0.6 is 0 Å². The van der Waals surface area contributed by atoms with E-state index in [1.807, 2.05) is 0 Å². The fraction of sp³-hybridized carbons (Fsp3) is 0.286. The van der Waals surface area contributed by atoms with E-state index in [4.69, 9.17) is 5.11 Å². The molecule has 21 heavy (non-hydrogen) atoms. The summed E-state index contributed by atoms with van der Waals surface area (Å²) in [5.41, 5.74) is 1.33. The number of aromatic carboxylic acids is 1. The Labute approximate surface area is 123 Å². The van der Waals surface area contributed by atoms with Crippen molar-refractivity contribution in [3.8, 4) is 0 Å². The van der Waals surface area contributed by atoms with Gasteiger partial charge in [0.2, 0.25) is 0 Å². The number of aryl methyl sites for hydroxylation is 3. The van der Waals surface area contributed by atoms with E-state index >= 15 is 0 Å². The van der Waals surface area contributed by atoms with Gasteiger partial charge in [-0.25, -0.2) is 13.2 Å². The highest BCUT2D eigenvalue weighted by Gasteiger charge is 2.19. The van der Waals surface area contributed by atoms with Gasteiger partial charge in [-0.3, -0.25) is 4.68 Å². The van der Waals surface area contributed by atoms with Gasteiger partial charge in [0.05, 0.1) is 16.2 Å². The number of hydrogen-bond acceptors (Lipinski definition) is 4. The summed E-state index contributed by atoms with van der Waals surface area (Å²) in [6.07, 6.45) is 1.94. The lowest BCUT2D eigenvalue weighted by Crippen LogP contribution is -2.13. The minimum Gasteiger partial charge on any atom is -0.478 e. The quantitative estimate of drug-likeness (QED) is 0.903. The summed E-state index contributed by atoms with van der Waals surface area (Å²) in [6.45, 7) is 1.66. The molecule has 6 nitrogen and oxygen atoms in total. The van der Waals surface area contributed by atoms with Crippen LogP contribution in [0.25, 0.3) is 0 Å². The summed E-state index contributed by atoms with van der Waals surface area (Å²) in [5, 5.41) is 13.0. The SMILES string of the molecule is Cc1ccc(C(=O)O)cc1S(=O)(=O)CCc1ccnn1C. The number of sulfone groups is 1. The zero-order valence-electron chi connectivity index (χ0n) is 11.8. The summed E-state index contributed by atoms with van der Waals surface area (Å²) < 4.78 is 26.4. The maximum Gasteiger partial charge on any atom is 0.335 e. The maximum absolute atomic E-state index is 12.4. The number of aromatic nitrogens is 2. The highest BCUT2D eigenvalue weighted by Crippen LogP contribution is 2.19. The van der Waals surface area contributed by atoms with E-state index in [0.717, 1.165) is 5.69 Å². The molecule has 0 aliphatic rings. The molecule has 1 heterocycles. The highest BCUT2D eigenvalue weighted by molar-refractivity contribution is 7.91. The molecule has 2 rings (SSSR count). The summed E-state index contributed by atoms with van der Waals surface area (Å²) >= 11 is 0. The van der Waals surface area contributed by atoms with Crippen LogP contribution < -0.4 is 0 Å². The highest BCUT2D eigenvalue weighted by atomic mass is 32.2. The van der Waals surface area contributed by atoms with Gasteiger partial charge >= 0.3 is 5.97 Å². The average molecular weight is 308 g/mol. The van der Waals surface area contributed by atoms with Crippen LogP contribution in [0, 0.1) is 6.92 Å². The zero-order chi connectivity index (χ0) is 15.6. The van der Waals surface area contributed by atoms with Crippen LogP contribution in [-0.4, -0.2) is 35.0 Å². The predicted molar refractivity (Wildman–Crippen MR) is 77.1 cm³/mol. The maximum atomic E-state index is 12.4. The monoisotopic (exact) mass is 308 g/mol. The molecule has 0 amide bonds. The van der Waals surface area contributed by atoms with Crippen LogP contribution in [0.5, 0.6) is 0 Å². The molecule has 0 aliphatic heterocycles. The predicted octanol–water partition coefficient (Wildman–Crippen LogP) is 1.44. The third-order valence-corrected chi connectivity index (χ3v) is 5.17. The molecular formula is C14H16N2O4S. The Bertz CT molecular complexity index is 778. The molecule has 0 bridgehead atoms. The van der Waals surface area contributed by atoms with Crippen molar-refractivity contribution >= 4 is 15.8 Å². The van der Waals surface area contributed by atoms with Crippen LogP contribution in [0.15, 0.2) is 35.4 Å². The second-order valence-electron chi connectivity index (χ2n) is 4.80. The number of carbonyl (C=O) groups is 1. The van der Waals surface area contributed by atoms with Gasteiger partial charge in [-0.1, -0.05) is 6.07 Å². The topological polar surface area (TPSA) is 89.3 Å². The number of rotatable bonds is 5. The number of hydrogen-bond donors (Lipinski definition) is 1. The molecule has 0 fully saturated rings. The Kier molecular flexibility index (Phi) is 4.13. The van der Waals surface area contributed by atoms with Gasteiger partial charge in [0.25, 0.3) is 0 Å². The molecule has 112 valence electrons. The zero-order valence-corrected chi connectivity index (χ0v) is 12.6. The first-order chi connectivity index (χ1) is 9.81. The van der Waals surface area contributed by atoms with Crippen LogP contribution in [0.4, 0.5) is 0 Å². The molecule has 0 saturated carbocycles. The Morgan fingerprint density at radius 2 is 2.05 bits per heavy atom. The first-order valence-corrected chi connectivity index (χ1v) is 8.00. The Morgan fingerprint density at radius 3 is 2.62 bits per heavy atom. The van der Waals surface area contributed by atoms with Crippen molar-refractivity contribution in [3.63, 3.8) is 0 Å². The van der Waals surface area contributed by atoms with E-state index in [9.17, 15) is 13.2 Å². The summed E-state index contributed by atoms with van der Waals surface area (Å²) in [4.78, 5) is 11.0. The minimum atomic E-state index is -3.54. The standard InChI is InChI=1S/C14H16N2O4S/c1-10-3-4-11(14(17)18)9-13(10)21(19,20)8-6-12-5-7-15-16(12)2/h3-5,7,9H,6,8H2,1-2H3,(H,17,18). The van der Waals surface area contributed by atoms with Gasteiger partial charge in [-0.15, -0.1) is 0 Å². The normalized spacial score (nSPS) is 11.5. The molecule has 1 N–H and O–H groups in total. The first kappa shape index (κ1) is 15.2. The Morgan fingerprint density at radius 1 is 1.33 bits per heavy atom. The fourth-order valence-corrected chi connectivity index (χ4v) is 3.63. The Hall–Kier alpha value is -2.15. The third-order valence-electron chi connectivity index (χ3n) is 3.32. The van der Waals surface area contributed by atoms with Crippen LogP contribution in [0.3, 0.4) is 0 Å². The van der Waals surface area contributed by atoms with Gasteiger partial charge in [0, 0.05) is 25.4 Å². The van der Waals surface area contributed by atoms with E-state index < -0.39 is 15.8 Å². The smallest absolute Gasteiger partial charge is 0.335 e. The first-order valence-electron chi connectivity index (χ1n) is 6.35. The van der Waals surface area contributed by atoms with Crippen molar-refractivity contribution in [2.45, 2.75) is 18.2 Å². The number of benzene rings is 1. The molecule has 1 aromatic carbocycles. The fourth-order valence-electron chi connectivity index (χ4n) is 2.06. The lowest BCUT2D eigenvalue weighted by Gasteiger charge is -2.09. The molecule has 7 heteroatoms. The molecule has 0 saturated heterocycles. The van der Waals surface area contributed by atoms with Crippen LogP contribution in [0.1, 0.15) is 21.6 Å². The Balaban J connectivity index is 2.29. The lowest BCUT2D eigenvalue weighted by atomic mass is 10.1. The largest absolute Gasteiger partial charge is 0.478 e. The molecule has 0 spiro atoms. The minimum absolute atomic E-state index is 0.0280. The van der Waals surface area contributed by atoms with E-state index in [2.05, 4.69) is 5.10 Å². The molecule has 0 unspecified atom stereocenters. The van der Waals surface area contributed by atoms with Crippen molar-refractivity contribution < 1.29 is 18.3 Å². The van der Waals surface area contributed by atoms with Crippen LogP contribution in [-0.2, 0) is 23.3 Å². The average Bonchev–Trinajstić information content (AvgIpc) is 2.82. The number of carboxylic acids is 1. The second-order valence-corrected chi connectivity index (χ2v) is 6.88. The van der Waals surface area contributed by atoms with Crippen molar-refractivity contribution in [2.75, 3.05) is 5.75 Å². The molecule has 0 aliphatic carbocycles. The van der Waals surface area contributed by atoms with Gasteiger partial charge in [-0.2, -0.15) is 5.10 Å². The van der Waals surface area contributed by atoms with Gasteiger partial charge in [0.1, 0.15) is 0 Å². The second kappa shape index (κ2) is 5.69. The third kappa shape index (κ3) is 3.30. The van der Waals surface area contributed by atoms with E-state index in [-0.39, 0.29) is 16.2 Å². The summed E-state index contributed by atoms with van der Waals surface area (Å²) in [6, 6.07) is 5.89. The molecule has 2 aromatic rings. The van der Waals surface area contributed by atoms with E-state index in [0.29, 0.717) is 12.0 Å². The molecule has 0 radical (unpaired) electrons. The van der Waals surface area contributed by atoms with Crippen molar-refractivity contribution in [1.29, 1.82) is 0 Å². The summed E-state index contributed by atoms with van der Waals surface area (Å²) in [5.74, 6) is -1.23. The van der Waals surface area contributed by atoms with Gasteiger partial charge in [0.15, 0.2) is 9.84 Å². The van der Waals surface area contributed by atoms with Crippen molar-refractivity contribution in [3.05, 3.63) is 47.3 Å². The van der Waals surface area contributed by atoms with Gasteiger partial charge in [-0.05, 0) is 30.7 Å². The molecular weight excluding hydrogens is 292 g/mol. The van der Waals surface area contributed by atoms with E-state index in [1.165, 1.54) is 18.2 Å². The molecule has 1 aromatic heterocycles. The molecule has 0 atom stereocenters. The summed E-state index contributed by atoms with van der Waals surface area (Å²) in [7, 11) is -1.80. The van der Waals surface area contributed by atoms with Crippen molar-refractivity contribution in [1.82, 2.24) is 9.78 Å². The van der Waals surface area contributed by atoms with Crippen molar-refractivity contribution in [2.24, 2.45) is 7.05 Å². The van der Waals surface area contributed by atoms with Crippen LogP contribution in [0.2, 0.25) is 0 Å². The van der Waals surface area contributed by atoms with E-state index in [1.54, 1.807) is 30.9 Å². The van der Waals surface area contributed by atoms with Gasteiger partial charge < -0.3 is 5.11 Å².